The summed E-state index contributed by atoms with van der Waals surface area (Å²) in [5.41, 5.74) is 2.41. The molecular formula is C17H22N2O. The van der Waals surface area contributed by atoms with Gasteiger partial charge in [-0.05, 0) is 55.8 Å². The molecule has 106 valence electrons. The van der Waals surface area contributed by atoms with Crippen molar-refractivity contribution in [3.05, 3.63) is 35.4 Å². The molecule has 1 saturated heterocycles. The highest BCUT2D eigenvalue weighted by Gasteiger charge is 2.38. The van der Waals surface area contributed by atoms with Gasteiger partial charge in [-0.15, -0.1) is 0 Å². The zero-order valence-electron chi connectivity index (χ0n) is 11.9. The number of nitrogens with zero attached hydrogens (tertiary/aromatic N) is 1. The number of benzene rings is 1. The van der Waals surface area contributed by atoms with E-state index in [1.54, 1.807) is 0 Å². The van der Waals surface area contributed by atoms with Crippen molar-refractivity contribution in [3.8, 4) is 0 Å². The summed E-state index contributed by atoms with van der Waals surface area (Å²) in [6, 6.07) is 8.63. The summed E-state index contributed by atoms with van der Waals surface area (Å²) in [6.45, 7) is 2.17. The predicted molar refractivity (Wildman–Crippen MR) is 79.6 cm³/mol. The summed E-state index contributed by atoms with van der Waals surface area (Å²) in [5, 5.41) is 3.42. The smallest absolute Gasteiger partial charge is 0.235 e. The second-order valence-electron chi connectivity index (χ2n) is 6.05. The number of rotatable bonds is 3. The summed E-state index contributed by atoms with van der Waals surface area (Å²) < 4.78 is 0. The van der Waals surface area contributed by atoms with Gasteiger partial charge in [-0.2, -0.15) is 4.99 Å². The Morgan fingerprint density at radius 2 is 1.85 bits per heavy atom. The fourth-order valence-electron chi connectivity index (χ4n) is 3.90. The van der Waals surface area contributed by atoms with Crippen molar-refractivity contribution in [3.63, 3.8) is 0 Å². The number of hydrogen-bond acceptors (Lipinski definition) is 3. The molecule has 0 unspecified atom stereocenters. The fourth-order valence-corrected chi connectivity index (χ4v) is 3.90. The Hall–Kier alpha value is -1.44. The highest BCUT2D eigenvalue weighted by atomic mass is 16.1. The summed E-state index contributed by atoms with van der Waals surface area (Å²) in [6.07, 6.45) is 8.50. The number of carbonyl (C=O) groups excluding carboxylic acids is 1. The van der Waals surface area contributed by atoms with Gasteiger partial charge in [0, 0.05) is 0 Å². The van der Waals surface area contributed by atoms with Crippen LogP contribution < -0.4 is 5.32 Å². The molecule has 20 heavy (non-hydrogen) atoms. The van der Waals surface area contributed by atoms with Crippen LogP contribution in [-0.4, -0.2) is 19.2 Å². The first kappa shape index (κ1) is 13.5. The van der Waals surface area contributed by atoms with E-state index < -0.39 is 0 Å². The molecule has 0 aromatic heterocycles. The lowest BCUT2D eigenvalue weighted by Gasteiger charge is -2.31. The summed E-state index contributed by atoms with van der Waals surface area (Å²) in [7, 11) is 0. The first-order chi connectivity index (χ1) is 9.86. The van der Waals surface area contributed by atoms with E-state index in [-0.39, 0.29) is 5.54 Å². The Bertz CT molecular complexity index is 507. The van der Waals surface area contributed by atoms with Crippen LogP contribution in [0, 0.1) is 0 Å². The topological polar surface area (TPSA) is 41.5 Å². The van der Waals surface area contributed by atoms with E-state index in [9.17, 15) is 4.79 Å². The van der Waals surface area contributed by atoms with Crippen molar-refractivity contribution in [2.75, 3.05) is 13.1 Å². The number of piperidine rings is 1. The van der Waals surface area contributed by atoms with Crippen LogP contribution in [0.3, 0.4) is 0 Å². The molecule has 1 N–H and O–H groups in total. The van der Waals surface area contributed by atoms with Crippen molar-refractivity contribution < 1.29 is 4.79 Å². The molecular weight excluding hydrogens is 248 g/mol. The third kappa shape index (κ3) is 2.44. The van der Waals surface area contributed by atoms with Crippen LogP contribution in [0.1, 0.15) is 55.6 Å². The van der Waals surface area contributed by atoms with E-state index in [1.807, 2.05) is 6.08 Å². The van der Waals surface area contributed by atoms with Crippen LogP contribution in [0.5, 0.6) is 0 Å². The van der Waals surface area contributed by atoms with Crippen molar-refractivity contribution in [2.24, 2.45) is 4.99 Å². The highest BCUT2D eigenvalue weighted by molar-refractivity contribution is 5.43. The van der Waals surface area contributed by atoms with Crippen LogP contribution in [0.2, 0.25) is 0 Å². The Labute approximate surface area is 120 Å². The summed E-state index contributed by atoms with van der Waals surface area (Å²) >= 11 is 0. The zero-order valence-corrected chi connectivity index (χ0v) is 11.9. The molecule has 3 heteroatoms. The number of isocyanates is 1. The van der Waals surface area contributed by atoms with E-state index >= 15 is 0 Å². The maximum atomic E-state index is 10.9. The fraction of sp³-hybridized carbons (Fsp3) is 0.588. The largest absolute Gasteiger partial charge is 0.317 e. The van der Waals surface area contributed by atoms with Crippen molar-refractivity contribution in [1.29, 1.82) is 0 Å². The summed E-state index contributed by atoms with van der Waals surface area (Å²) in [4.78, 5) is 15.2. The van der Waals surface area contributed by atoms with Crippen molar-refractivity contribution in [2.45, 2.75) is 50.0 Å². The van der Waals surface area contributed by atoms with Crippen LogP contribution >= 0.6 is 0 Å². The van der Waals surface area contributed by atoms with Gasteiger partial charge in [0.15, 0.2) is 0 Å². The van der Waals surface area contributed by atoms with Crippen LogP contribution in [0.4, 0.5) is 0 Å². The lowest BCUT2D eigenvalue weighted by molar-refractivity contribution is 0.424. The maximum Gasteiger partial charge on any atom is 0.235 e. The third-order valence-electron chi connectivity index (χ3n) is 4.93. The lowest BCUT2D eigenvalue weighted by Crippen LogP contribution is -2.29. The molecule has 0 atom stereocenters. The van der Waals surface area contributed by atoms with Gasteiger partial charge in [-0.25, -0.2) is 4.79 Å². The van der Waals surface area contributed by atoms with E-state index in [1.165, 1.54) is 24.0 Å². The van der Waals surface area contributed by atoms with Gasteiger partial charge in [-0.3, -0.25) is 0 Å². The molecule has 1 aromatic rings. The molecule has 0 radical (unpaired) electrons. The standard InChI is InChI=1S/C17H22N2O/c20-13-19-17(9-3-4-10-17)16-6-2-1-5-15(16)14-7-11-18-12-8-14/h1-2,5-6,14,18H,3-4,7-12H2. The number of hydrogen-bond donors (Lipinski definition) is 1. The minimum Gasteiger partial charge on any atom is -0.317 e. The minimum absolute atomic E-state index is 0.288. The predicted octanol–water partition coefficient (Wildman–Crippen LogP) is 3.26. The van der Waals surface area contributed by atoms with Gasteiger partial charge in [0.1, 0.15) is 0 Å². The first-order valence-electron chi connectivity index (χ1n) is 7.75. The van der Waals surface area contributed by atoms with Crippen LogP contribution in [-0.2, 0) is 10.3 Å². The van der Waals surface area contributed by atoms with E-state index in [0.717, 1.165) is 38.8 Å². The Balaban J connectivity index is 2.01. The quantitative estimate of drug-likeness (QED) is 0.676. The van der Waals surface area contributed by atoms with Gasteiger partial charge in [0.2, 0.25) is 6.08 Å². The van der Waals surface area contributed by atoms with E-state index in [4.69, 9.17) is 0 Å². The second kappa shape index (κ2) is 5.90. The van der Waals surface area contributed by atoms with Crippen molar-refractivity contribution >= 4 is 6.08 Å². The molecule has 1 heterocycles. The van der Waals surface area contributed by atoms with Crippen LogP contribution in [0.15, 0.2) is 29.3 Å². The third-order valence-corrected chi connectivity index (χ3v) is 4.93. The van der Waals surface area contributed by atoms with E-state index in [2.05, 4.69) is 34.6 Å². The van der Waals surface area contributed by atoms with Gasteiger partial charge in [0.05, 0.1) is 5.54 Å². The van der Waals surface area contributed by atoms with Gasteiger partial charge >= 0.3 is 0 Å². The highest BCUT2D eigenvalue weighted by Crippen LogP contribution is 2.45. The second-order valence-corrected chi connectivity index (χ2v) is 6.05. The molecule has 3 nitrogen and oxygen atoms in total. The SMILES string of the molecule is O=C=NC1(c2ccccc2C2CCNCC2)CCCC1. The van der Waals surface area contributed by atoms with Gasteiger partial charge in [0.25, 0.3) is 0 Å². The lowest BCUT2D eigenvalue weighted by atomic mass is 9.79. The minimum atomic E-state index is -0.288. The molecule has 0 spiro atoms. The van der Waals surface area contributed by atoms with E-state index in [0.29, 0.717) is 5.92 Å². The number of aliphatic imine (C=N–C) groups is 1. The maximum absolute atomic E-state index is 10.9. The van der Waals surface area contributed by atoms with Crippen LogP contribution in [0.25, 0.3) is 0 Å². The monoisotopic (exact) mass is 270 g/mol. The zero-order chi connectivity index (χ0) is 13.8. The average molecular weight is 270 g/mol. The van der Waals surface area contributed by atoms with Gasteiger partial charge in [-0.1, -0.05) is 37.1 Å². The normalized spacial score (nSPS) is 22.4. The summed E-state index contributed by atoms with van der Waals surface area (Å²) in [5.74, 6) is 0.603. The Morgan fingerprint density at radius 3 is 2.55 bits per heavy atom. The number of nitrogens with one attached hydrogen (secondary N) is 1. The molecule has 0 amide bonds. The molecule has 3 rings (SSSR count). The molecule has 1 saturated carbocycles. The molecule has 1 aromatic carbocycles. The molecule has 1 aliphatic heterocycles. The first-order valence-corrected chi connectivity index (χ1v) is 7.75. The Kier molecular flexibility index (Phi) is 4.00. The van der Waals surface area contributed by atoms with Gasteiger partial charge < -0.3 is 5.32 Å². The van der Waals surface area contributed by atoms with Crippen molar-refractivity contribution in [1.82, 2.24) is 5.32 Å². The molecule has 1 aliphatic carbocycles. The molecule has 2 aliphatic rings. The Morgan fingerprint density at radius 1 is 1.15 bits per heavy atom. The molecule has 0 bridgehead atoms. The molecule has 2 fully saturated rings. The average Bonchev–Trinajstić information content (AvgIpc) is 2.98.